The first kappa shape index (κ1) is 23.0. The number of hydrogen-bond donors (Lipinski definition) is 1. The number of pyridine rings is 1. The van der Waals surface area contributed by atoms with Gasteiger partial charge in [-0.1, -0.05) is 41.4 Å². The number of nitrogens with one attached hydrogen (secondary N) is 1. The Morgan fingerprint density at radius 3 is 2.56 bits per heavy atom. The Kier molecular flexibility index (Phi) is 6.07. The summed E-state index contributed by atoms with van der Waals surface area (Å²) in [5, 5.41) is 1.31. The number of benzene rings is 2. The first-order valence-electron chi connectivity index (χ1n) is 12.5. The third kappa shape index (κ3) is 4.21. The lowest BCUT2D eigenvalue weighted by atomic mass is 9.88. The van der Waals surface area contributed by atoms with Crippen LogP contribution < -0.4 is 11.2 Å². The van der Waals surface area contributed by atoms with Gasteiger partial charge in [-0.05, 0) is 72.7 Å². The summed E-state index contributed by atoms with van der Waals surface area (Å²) in [6, 6.07) is 17.6. The monoisotopic (exact) mass is 498 g/mol. The molecule has 2 aromatic heterocycles. The summed E-state index contributed by atoms with van der Waals surface area (Å²) in [6.07, 6.45) is 5.64. The number of rotatable bonds is 3. The van der Waals surface area contributed by atoms with Crippen LogP contribution in [0, 0.1) is 0 Å². The molecule has 0 unspecified atom stereocenters. The Labute approximate surface area is 213 Å². The third-order valence-electron chi connectivity index (χ3n) is 7.47. The molecule has 0 spiro atoms. The standard InChI is InChI=1S/C29H27ClN4O2/c30-22-9-10-23-21(18-22)8-7-20-4-3-13-31-27(20)26(23)19-11-14-33(15-12-19)16-17-34-28(35)24-5-1-2-6-25(24)32-29(34)36/h1-6,9-10,13,18H,7-8,11-12,14-17H2,(H,32,36). The zero-order valence-corrected chi connectivity index (χ0v) is 20.7. The van der Waals surface area contributed by atoms with Crippen molar-refractivity contribution in [3.63, 3.8) is 0 Å². The second kappa shape index (κ2) is 9.52. The number of para-hydroxylation sites is 1. The predicted octanol–water partition coefficient (Wildman–Crippen LogP) is 4.43. The maximum absolute atomic E-state index is 12.9. The minimum Gasteiger partial charge on any atom is -0.307 e. The second-order valence-corrected chi connectivity index (χ2v) is 10.0. The minimum absolute atomic E-state index is 0.231. The highest BCUT2D eigenvalue weighted by atomic mass is 35.5. The van der Waals surface area contributed by atoms with Crippen LogP contribution in [0.15, 0.2) is 76.0 Å². The van der Waals surface area contributed by atoms with Crippen molar-refractivity contribution in [1.82, 2.24) is 19.4 Å². The van der Waals surface area contributed by atoms with E-state index >= 15 is 0 Å². The Hall–Kier alpha value is -3.48. The SMILES string of the molecule is O=c1[nH]c2ccccc2c(=O)n1CCN1CCC(=C2c3ccc(Cl)cc3CCc3cccnc32)CC1. The topological polar surface area (TPSA) is 71.0 Å². The molecule has 1 fully saturated rings. The van der Waals surface area contributed by atoms with Gasteiger partial charge in [0.05, 0.1) is 16.6 Å². The number of aromatic amines is 1. The Morgan fingerprint density at radius 2 is 1.69 bits per heavy atom. The Morgan fingerprint density at radius 1 is 0.889 bits per heavy atom. The number of hydrogen-bond acceptors (Lipinski definition) is 4. The second-order valence-electron chi connectivity index (χ2n) is 9.57. The van der Waals surface area contributed by atoms with Gasteiger partial charge in [-0.15, -0.1) is 0 Å². The number of piperidine rings is 1. The summed E-state index contributed by atoms with van der Waals surface area (Å²) in [6.45, 7) is 2.79. The lowest BCUT2D eigenvalue weighted by Crippen LogP contribution is -2.40. The van der Waals surface area contributed by atoms with Crippen LogP contribution in [-0.2, 0) is 19.4 Å². The molecule has 0 amide bonds. The summed E-state index contributed by atoms with van der Waals surface area (Å²) < 4.78 is 1.32. The smallest absolute Gasteiger partial charge is 0.307 e. The highest BCUT2D eigenvalue weighted by Crippen LogP contribution is 2.38. The van der Waals surface area contributed by atoms with Crippen LogP contribution in [0.1, 0.15) is 35.2 Å². The largest absolute Gasteiger partial charge is 0.328 e. The van der Waals surface area contributed by atoms with Gasteiger partial charge in [0.15, 0.2) is 0 Å². The maximum atomic E-state index is 12.9. The molecule has 0 radical (unpaired) electrons. The molecular formula is C29H27ClN4O2. The number of halogens is 1. The van der Waals surface area contributed by atoms with Crippen molar-refractivity contribution < 1.29 is 0 Å². The van der Waals surface area contributed by atoms with Gasteiger partial charge in [0.1, 0.15) is 0 Å². The molecule has 3 heterocycles. The molecule has 6 nitrogen and oxygen atoms in total. The van der Waals surface area contributed by atoms with Gasteiger partial charge in [-0.2, -0.15) is 0 Å². The lowest BCUT2D eigenvalue weighted by molar-refractivity contribution is 0.245. The average Bonchev–Trinajstić information content (AvgIpc) is 3.05. The number of fused-ring (bicyclic) bond motifs is 3. The van der Waals surface area contributed by atoms with Gasteiger partial charge in [-0.3, -0.25) is 14.3 Å². The van der Waals surface area contributed by atoms with Crippen molar-refractivity contribution >= 4 is 28.1 Å². The number of aromatic nitrogens is 3. The molecular weight excluding hydrogens is 472 g/mol. The van der Waals surface area contributed by atoms with Gasteiger partial charge in [-0.25, -0.2) is 4.79 Å². The zero-order valence-electron chi connectivity index (χ0n) is 20.0. The molecule has 1 aliphatic carbocycles. The number of aryl methyl sites for hydroxylation is 2. The van der Waals surface area contributed by atoms with Crippen LogP contribution in [0.2, 0.25) is 5.02 Å². The fourth-order valence-electron chi connectivity index (χ4n) is 5.57. The molecule has 1 saturated heterocycles. The van der Waals surface area contributed by atoms with Crippen molar-refractivity contribution in [1.29, 1.82) is 0 Å². The van der Waals surface area contributed by atoms with Crippen molar-refractivity contribution in [2.45, 2.75) is 32.2 Å². The molecule has 1 aliphatic heterocycles. The minimum atomic E-state index is -0.352. The maximum Gasteiger partial charge on any atom is 0.328 e. The van der Waals surface area contributed by atoms with Crippen LogP contribution in [0.3, 0.4) is 0 Å². The molecule has 2 aliphatic rings. The van der Waals surface area contributed by atoms with Crippen LogP contribution in [0.25, 0.3) is 16.5 Å². The van der Waals surface area contributed by atoms with Crippen molar-refractivity contribution in [3.05, 3.63) is 115 Å². The summed E-state index contributed by atoms with van der Waals surface area (Å²) in [5.74, 6) is 0. The van der Waals surface area contributed by atoms with E-state index in [9.17, 15) is 9.59 Å². The Balaban J connectivity index is 1.25. The highest BCUT2D eigenvalue weighted by molar-refractivity contribution is 6.30. The van der Waals surface area contributed by atoms with E-state index in [4.69, 9.17) is 16.6 Å². The van der Waals surface area contributed by atoms with E-state index in [2.05, 4.69) is 28.1 Å². The summed E-state index contributed by atoms with van der Waals surface area (Å²) in [5.41, 5.74) is 7.57. The average molecular weight is 499 g/mol. The van der Waals surface area contributed by atoms with Gasteiger partial charge in [0.25, 0.3) is 5.56 Å². The molecule has 7 heteroatoms. The molecule has 0 bridgehead atoms. The molecule has 0 saturated carbocycles. The van der Waals surface area contributed by atoms with E-state index in [1.165, 1.54) is 32.4 Å². The fraction of sp³-hybridized carbons (Fsp3) is 0.276. The quantitative estimate of drug-likeness (QED) is 0.453. The molecule has 2 aromatic carbocycles. The van der Waals surface area contributed by atoms with E-state index in [0.29, 0.717) is 24.0 Å². The van der Waals surface area contributed by atoms with Gasteiger partial charge < -0.3 is 9.88 Å². The predicted molar refractivity (Wildman–Crippen MR) is 144 cm³/mol. The van der Waals surface area contributed by atoms with Crippen LogP contribution >= 0.6 is 11.6 Å². The Bertz CT molecular complexity index is 1610. The summed E-state index contributed by atoms with van der Waals surface area (Å²) in [7, 11) is 0. The highest BCUT2D eigenvalue weighted by Gasteiger charge is 2.25. The zero-order chi connectivity index (χ0) is 24.6. The number of H-pyrrole nitrogens is 1. The first-order chi connectivity index (χ1) is 17.6. The normalized spacial score (nSPS) is 16.0. The third-order valence-corrected chi connectivity index (χ3v) is 7.71. The number of likely N-dealkylation sites (tertiary alicyclic amines) is 1. The van der Waals surface area contributed by atoms with E-state index < -0.39 is 0 Å². The van der Waals surface area contributed by atoms with Gasteiger partial charge >= 0.3 is 5.69 Å². The summed E-state index contributed by atoms with van der Waals surface area (Å²) in [4.78, 5) is 35.4. The van der Waals surface area contributed by atoms with Crippen LogP contribution in [0.5, 0.6) is 0 Å². The van der Waals surface area contributed by atoms with Crippen molar-refractivity contribution in [2.75, 3.05) is 19.6 Å². The van der Waals surface area contributed by atoms with Gasteiger partial charge in [0, 0.05) is 43.0 Å². The van der Waals surface area contributed by atoms with E-state index in [0.717, 1.165) is 49.5 Å². The van der Waals surface area contributed by atoms with Crippen LogP contribution in [0.4, 0.5) is 0 Å². The van der Waals surface area contributed by atoms with Crippen LogP contribution in [-0.4, -0.2) is 39.1 Å². The van der Waals surface area contributed by atoms with Gasteiger partial charge in [0.2, 0.25) is 0 Å². The van der Waals surface area contributed by atoms with E-state index in [-0.39, 0.29) is 11.2 Å². The van der Waals surface area contributed by atoms with Crippen molar-refractivity contribution in [3.8, 4) is 0 Å². The lowest BCUT2D eigenvalue weighted by Gasteiger charge is -2.30. The molecule has 0 atom stereocenters. The number of nitrogens with zero attached hydrogens (tertiary/aromatic N) is 3. The molecule has 36 heavy (non-hydrogen) atoms. The van der Waals surface area contributed by atoms with E-state index in [1.54, 1.807) is 12.1 Å². The molecule has 1 N–H and O–H groups in total. The molecule has 6 rings (SSSR count). The van der Waals surface area contributed by atoms with Crippen molar-refractivity contribution in [2.24, 2.45) is 0 Å². The fourth-order valence-corrected chi connectivity index (χ4v) is 5.77. The summed E-state index contributed by atoms with van der Waals surface area (Å²) >= 11 is 6.35. The van der Waals surface area contributed by atoms with E-state index in [1.807, 2.05) is 30.5 Å². The molecule has 4 aromatic rings. The molecule has 182 valence electrons. The first-order valence-corrected chi connectivity index (χ1v) is 12.9.